The fraction of sp³-hybridized carbons (Fsp3) is 0.182. The van der Waals surface area contributed by atoms with E-state index in [4.69, 9.17) is 0 Å². The molecule has 2 aromatic heterocycles. The molecular weight excluding hydrogens is 329 g/mol. The van der Waals surface area contributed by atoms with Gasteiger partial charge in [-0.05, 0) is 34.1 Å². The maximum absolute atomic E-state index is 12.5. The summed E-state index contributed by atoms with van der Waals surface area (Å²) >= 11 is 4.83. The minimum absolute atomic E-state index is 0.217. The van der Waals surface area contributed by atoms with E-state index in [1.165, 1.54) is 11.3 Å². The molecular formula is C11H8BrF3N2S. The Balaban J connectivity index is 2.06. The molecule has 7 heteroatoms. The molecule has 0 aliphatic heterocycles. The monoisotopic (exact) mass is 336 g/mol. The van der Waals surface area contributed by atoms with Crippen LogP contribution in [0.15, 0.2) is 34.2 Å². The molecule has 0 saturated carbocycles. The molecule has 0 amide bonds. The molecule has 0 aromatic carbocycles. The van der Waals surface area contributed by atoms with Crippen LogP contribution in [-0.2, 0) is 12.7 Å². The van der Waals surface area contributed by atoms with E-state index < -0.39 is 11.7 Å². The van der Waals surface area contributed by atoms with Gasteiger partial charge in [0.05, 0.1) is 12.1 Å². The van der Waals surface area contributed by atoms with Gasteiger partial charge < -0.3 is 5.32 Å². The third kappa shape index (κ3) is 3.46. The highest BCUT2D eigenvalue weighted by Gasteiger charge is 2.30. The number of nitrogens with zero attached hydrogens (tertiary/aromatic N) is 1. The summed E-state index contributed by atoms with van der Waals surface area (Å²) in [5.74, 6) is 0.217. The predicted octanol–water partition coefficient (Wildman–Crippen LogP) is 4.54. The van der Waals surface area contributed by atoms with Gasteiger partial charge in [-0.25, -0.2) is 4.98 Å². The molecule has 0 saturated heterocycles. The first kappa shape index (κ1) is 13.4. The van der Waals surface area contributed by atoms with Crippen LogP contribution in [0.1, 0.15) is 10.4 Å². The minimum atomic E-state index is -4.34. The molecule has 0 unspecified atom stereocenters. The Hall–Kier alpha value is -1.08. The molecule has 0 aliphatic carbocycles. The van der Waals surface area contributed by atoms with E-state index in [2.05, 4.69) is 26.2 Å². The van der Waals surface area contributed by atoms with Gasteiger partial charge in [0.2, 0.25) is 0 Å². The minimum Gasteiger partial charge on any atom is -0.365 e. The zero-order chi connectivity index (χ0) is 13.2. The predicted molar refractivity (Wildman–Crippen MR) is 68.6 cm³/mol. The van der Waals surface area contributed by atoms with Crippen molar-refractivity contribution in [1.82, 2.24) is 4.98 Å². The maximum Gasteiger partial charge on any atom is 0.416 e. The van der Waals surface area contributed by atoms with E-state index in [9.17, 15) is 13.2 Å². The normalized spacial score (nSPS) is 11.6. The second kappa shape index (κ2) is 5.27. The largest absolute Gasteiger partial charge is 0.416 e. The number of rotatable bonds is 3. The first-order valence-corrected chi connectivity index (χ1v) is 6.62. The highest BCUT2D eigenvalue weighted by atomic mass is 79.9. The first-order chi connectivity index (χ1) is 8.45. The van der Waals surface area contributed by atoms with Crippen LogP contribution in [0.2, 0.25) is 0 Å². The van der Waals surface area contributed by atoms with E-state index in [0.29, 0.717) is 6.54 Å². The SMILES string of the molecule is FC(F)(F)c1ccnc(NCc2cc(Br)cs2)c1. The molecule has 18 heavy (non-hydrogen) atoms. The highest BCUT2D eigenvalue weighted by Crippen LogP contribution is 2.30. The molecule has 96 valence electrons. The summed E-state index contributed by atoms with van der Waals surface area (Å²) in [6.07, 6.45) is -3.19. The number of aromatic nitrogens is 1. The van der Waals surface area contributed by atoms with E-state index >= 15 is 0 Å². The maximum atomic E-state index is 12.5. The lowest BCUT2D eigenvalue weighted by Gasteiger charge is -2.09. The Bertz CT molecular complexity index is 539. The molecule has 2 heterocycles. The number of thiophene rings is 1. The fourth-order valence-electron chi connectivity index (χ4n) is 1.33. The lowest BCUT2D eigenvalue weighted by Crippen LogP contribution is -2.07. The van der Waals surface area contributed by atoms with Crippen molar-refractivity contribution in [2.75, 3.05) is 5.32 Å². The van der Waals surface area contributed by atoms with Gasteiger partial charge in [0.1, 0.15) is 5.82 Å². The van der Waals surface area contributed by atoms with Crippen molar-refractivity contribution in [3.8, 4) is 0 Å². The van der Waals surface area contributed by atoms with Crippen LogP contribution >= 0.6 is 27.3 Å². The summed E-state index contributed by atoms with van der Waals surface area (Å²) in [6, 6.07) is 3.86. The fourth-order valence-corrected chi connectivity index (χ4v) is 2.72. The van der Waals surface area contributed by atoms with Crippen LogP contribution < -0.4 is 5.32 Å². The van der Waals surface area contributed by atoms with Gasteiger partial charge in [-0.1, -0.05) is 0 Å². The number of nitrogens with one attached hydrogen (secondary N) is 1. The zero-order valence-corrected chi connectivity index (χ0v) is 11.4. The second-order valence-corrected chi connectivity index (χ2v) is 5.42. The van der Waals surface area contributed by atoms with Crippen LogP contribution in [0, 0.1) is 0 Å². The Kier molecular flexibility index (Phi) is 3.91. The van der Waals surface area contributed by atoms with Gasteiger partial charge in [-0.3, -0.25) is 0 Å². The van der Waals surface area contributed by atoms with Gasteiger partial charge >= 0.3 is 6.18 Å². The molecule has 0 spiro atoms. The van der Waals surface area contributed by atoms with Crippen molar-refractivity contribution < 1.29 is 13.2 Å². The Morgan fingerprint density at radius 3 is 2.72 bits per heavy atom. The van der Waals surface area contributed by atoms with Crippen LogP contribution in [-0.4, -0.2) is 4.98 Å². The van der Waals surface area contributed by atoms with Crippen molar-refractivity contribution in [1.29, 1.82) is 0 Å². The average molecular weight is 337 g/mol. The summed E-state index contributed by atoms with van der Waals surface area (Å²) < 4.78 is 38.4. The van der Waals surface area contributed by atoms with Crippen molar-refractivity contribution in [3.63, 3.8) is 0 Å². The summed E-state index contributed by atoms with van der Waals surface area (Å²) in [6.45, 7) is 0.449. The molecule has 0 radical (unpaired) electrons. The van der Waals surface area contributed by atoms with Crippen LogP contribution in [0.3, 0.4) is 0 Å². The Morgan fingerprint density at radius 2 is 2.11 bits per heavy atom. The third-order valence-electron chi connectivity index (χ3n) is 2.15. The topological polar surface area (TPSA) is 24.9 Å². The smallest absolute Gasteiger partial charge is 0.365 e. The zero-order valence-electron chi connectivity index (χ0n) is 8.96. The molecule has 2 nitrogen and oxygen atoms in total. The summed E-state index contributed by atoms with van der Waals surface area (Å²) in [5.41, 5.74) is -0.702. The Labute approximate surface area is 114 Å². The first-order valence-electron chi connectivity index (χ1n) is 4.95. The molecule has 0 aliphatic rings. The average Bonchev–Trinajstić information content (AvgIpc) is 2.72. The van der Waals surface area contributed by atoms with Gasteiger partial charge in [0.25, 0.3) is 0 Å². The van der Waals surface area contributed by atoms with Crippen LogP contribution in [0.25, 0.3) is 0 Å². The van der Waals surface area contributed by atoms with Gasteiger partial charge in [-0.2, -0.15) is 13.2 Å². The quantitative estimate of drug-likeness (QED) is 0.890. The summed E-state index contributed by atoms with van der Waals surface area (Å²) in [7, 11) is 0. The molecule has 2 rings (SSSR count). The van der Waals surface area contributed by atoms with E-state index in [1.807, 2.05) is 11.4 Å². The van der Waals surface area contributed by atoms with Crippen molar-refractivity contribution in [3.05, 3.63) is 44.7 Å². The second-order valence-electron chi connectivity index (χ2n) is 3.51. The van der Waals surface area contributed by atoms with Crippen molar-refractivity contribution in [2.24, 2.45) is 0 Å². The van der Waals surface area contributed by atoms with E-state index in [-0.39, 0.29) is 5.82 Å². The number of hydrogen-bond donors (Lipinski definition) is 1. The van der Waals surface area contributed by atoms with Crippen LogP contribution in [0.5, 0.6) is 0 Å². The standard InChI is InChI=1S/C11H8BrF3N2S/c12-8-4-9(18-6-8)5-17-10-3-7(1-2-16-10)11(13,14)15/h1-4,6H,5H2,(H,16,17). The third-order valence-corrected chi connectivity index (χ3v) is 3.85. The number of alkyl halides is 3. The lowest BCUT2D eigenvalue weighted by atomic mass is 10.2. The Morgan fingerprint density at radius 1 is 1.33 bits per heavy atom. The van der Waals surface area contributed by atoms with E-state index in [0.717, 1.165) is 27.7 Å². The number of hydrogen-bond acceptors (Lipinski definition) is 3. The summed E-state index contributed by atoms with van der Waals surface area (Å²) in [5, 5.41) is 4.78. The van der Waals surface area contributed by atoms with Gasteiger partial charge in [0.15, 0.2) is 0 Å². The van der Waals surface area contributed by atoms with Crippen molar-refractivity contribution in [2.45, 2.75) is 12.7 Å². The molecule has 0 atom stereocenters. The summed E-state index contributed by atoms with van der Waals surface area (Å²) in [4.78, 5) is 4.87. The van der Waals surface area contributed by atoms with Crippen molar-refractivity contribution >= 4 is 33.1 Å². The number of halogens is 4. The van der Waals surface area contributed by atoms with E-state index in [1.54, 1.807) is 0 Å². The van der Waals surface area contributed by atoms with Crippen LogP contribution in [0.4, 0.5) is 19.0 Å². The molecule has 2 aromatic rings. The number of pyridine rings is 1. The van der Waals surface area contributed by atoms with Gasteiger partial charge in [0, 0.05) is 20.9 Å². The lowest BCUT2D eigenvalue weighted by molar-refractivity contribution is -0.137. The highest BCUT2D eigenvalue weighted by molar-refractivity contribution is 9.10. The molecule has 0 fully saturated rings. The molecule has 0 bridgehead atoms. The van der Waals surface area contributed by atoms with Gasteiger partial charge in [-0.15, -0.1) is 11.3 Å². The number of anilines is 1. The molecule has 1 N–H and O–H groups in total.